The SMILES string of the molecule is COc1cc(-c2ccc(NC(=O)C(=O)[O-])c(OC)c2)ccc1N=Nc1c(S(=O)(=O)[O-])cc2cc(Nc3ccccc3)ccc2c1O.[Na+].[Na+]. The first-order valence-corrected chi connectivity index (χ1v) is 14.8. The minimum atomic E-state index is -5.09. The number of ether oxygens (including phenoxy) is 2. The number of rotatable bonds is 9. The number of methoxy groups -OCH3 is 2. The molecule has 0 aromatic heterocycles. The van der Waals surface area contributed by atoms with Crippen LogP contribution in [0.2, 0.25) is 0 Å². The van der Waals surface area contributed by atoms with Crippen molar-refractivity contribution in [3.05, 3.63) is 91.0 Å². The third-order valence-electron chi connectivity index (χ3n) is 6.79. The summed E-state index contributed by atoms with van der Waals surface area (Å²) in [6, 6.07) is 24.6. The predicted molar refractivity (Wildman–Crippen MR) is 166 cm³/mol. The number of carbonyl (C=O) groups excluding carboxylic acids is 2. The molecule has 3 N–H and O–H groups in total. The van der Waals surface area contributed by atoms with Crippen LogP contribution in [0.15, 0.2) is 106 Å². The van der Waals surface area contributed by atoms with Crippen molar-refractivity contribution in [3.63, 3.8) is 0 Å². The van der Waals surface area contributed by atoms with Crippen LogP contribution in [0.4, 0.5) is 28.4 Å². The van der Waals surface area contributed by atoms with Gasteiger partial charge in [-0.15, -0.1) is 10.2 Å². The van der Waals surface area contributed by atoms with Gasteiger partial charge in [-0.05, 0) is 77.2 Å². The van der Waals surface area contributed by atoms with Crippen molar-refractivity contribution in [2.24, 2.45) is 10.2 Å². The Morgan fingerprint density at radius 3 is 2.06 bits per heavy atom. The predicted octanol–water partition coefficient (Wildman–Crippen LogP) is -1.01. The van der Waals surface area contributed by atoms with Crippen LogP contribution >= 0.6 is 0 Å². The summed E-state index contributed by atoms with van der Waals surface area (Å²) in [5.74, 6) is -3.40. The average Bonchev–Trinajstić information content (AvgIpc) is 3.04. The minimum Gasteiger partial charge on any atom is -0.744 e. The summed E-state index contributed by atoms with van der Waals surface area (Å²) in [4.78, 5) is 21.6. The molecule has 1 amide bonds. The second-order valence-electron chi connectivity index (χ2n) is 9.70. The Bertz CT molecular complexity index is 2130. The number of fused-ring (bicyclic) bond motifs is 1. The molecule has 5 aromatic rings. The maximum absolute atomic E-state index is 12.3. The smallest absolute Gasteiger partial charge is 0.744 e. The minimum absolute atomic E-state index is 0. The summed E-state index contributed by atoms with van der Waals surface area (Å²) in [7, 11) is -2.38. The topological polar surface area (TPSA) is 202 Å². The van der Waals surface area contributed by atoms with E-state index >= 15 is 0 Å². The first-order chi connectivity index (χ1) is 22.0. The third-order valence-corrected chi connectivity index (χ3v) is 7.64. The number of benzene rings is 5. The largest absolute Gasteiger partial charge is 1.00 e. The number of phenolic OH excluding ortho intramolecular Hbond substituents is 1. The number of para-hydroxylation sites is 1. The van der Waals surface area contributed by atoms with Crippen molar-refractivity contribution >= 4 is 61.2 Å². The van der Waals surface area contributed by atoms with Gasteiger partial charge in [0.1, 0.15) is 39.0 Å². The molecule has 0 aliphatic rings. The van der Waals surface area contributed by atoms with E-state index in [2.05, 4.69) is 20.9 Å². The summed E-state index contributed by atoms with van der Waals surface area (Å²) in [5, 5.41) is 35.8. The van der Waals surface area contributed by atoms with Crippen LogP contribution < -0.4 is 84.3 Å². The first kappa shape index (κ1) is 38.5. The van der Waals surface area contributed by atoms with Crippen molar-refractivity contribution in [2.75, 3.05) is 24.9 Å². The van der Waals surface area contributed by atoms with Gasteiger partial charge < -0.3 is 39.7 Å². The molecule has 13 nitrogen and oxygen atoms in total. The van der Waals surface area contributed by atoms with Crippen molar-refractivity contribution in [3.8, 4) is 28.4 Å². The van der Waals surface area contributed by atoms with Crippen molar-refractivity contribution in [2.45, 2.75) is 4.90 Å². The molecular formula is C32H24N4Na2O9S. The van der Waals surface area contributed by atoms with E-state index in [0.29, 0.717) is 16.8 Å². The summed E-state index contributed by atoms with van der Waals surface area (Å²) in [6.07, 6.45) is 0. The zero-order valence-electron chi connectivity index (χ0n) is 26.2. The number of hydrogen-bond acceptors (Lipinski definition) is 12. The van der Waals surface area contributed by atoms with E-state index in [0.717, 1.165) is 11.8 Å². The molecule has 0 aliphatic heterocycles. The summed E-state index contributed by atoms with van der Waals surface area (Å²) in [5.41, 5.74) is 2.30. The number of hydrogen-bond donors (Lipinski definition) is 3. The molecule has 48 heavy (non-hydrogen) atoms. The number of carboxylic acid groups (broad SMARTS) is 1. The molecule has 0 fully saturated rings. The van der Waals surface area contributed by atoms with Gasteiger partial charge in [0.25, 0.3) is 5.91 Å². The Hall–Kier alpha value is -3.99. The number of nitrogens with one attached hydrogen (secondary N) is 2. The van der Waals surface area contributed by atoms with E-state index < -0.39 is 38.3 Å². The maximum atomic E-state index is 12.3. The maximum Gasteiger partial charge on any atom is 1.00 e. The van der Waals surface area contributed by atoms with Gasteiger partial charge in [-0.2, -0.15) is 0 Å². The van der Waals surface area contributed by atoms with E-state index in [1.807, 2.05) is 30.3 Å². The fraction of sp³-hybridized carbons (Fsp3) is 0.0625. The van der Waals surface area contributed by atoms with Crippen LogP contribution in [-0.4, -0.2) is 44.2 Å². The van der Waals surface area contributed by atoms with E-state index in [1.54, 1.807) is 42.5 Å². The van der Waals surface area contributed by atoms with Crippen molar-refractivity contribution in [1.29, 1.82) is 0 Å². The normalized spacial score (nSPS) is 10.9. The zero-order chi connectivity index (χ0) is 33.0. The monoisotopic (exact) mass is 686 g/mol. The fourth-order valence-corrected chi connectivity index (χ4v) is 5.24. The van der Waals surface area contributed by atoms with Crippen LogP contribution in [-0.2, 0) is 19.7 Å². The Morgan fingerprint density at radius 1 is 0.792 bits per heavy atom. The second-order valence-corrected chi connectivity index (χ2v) is 11.0. The van der Waals surface area contributed by atoms with Crippen LogP contribution in [0.3, 0.4) is 0 Å². The molecule has 0 bridgehead atoms. The van der Waals surface area contributed by atoms with Gasteiger partial charge in [0.15, 0.2) is 5.75 Å². The van der Waals surface area contributed by atoms with E-state index in [-0.39, 0.29) is 92.8 Å². The molecular weight excluding hydrogens is 662 g/mol. The van der Waals surface area contributed by atoms with Gasteiger partial charge >= 0.3 is 59.1 Å². The molecule has 0 saturated heterocycles. The molecule has 0 aliphatic carbocycles. The quantitative estimate of drug-likeness (QED) is 0.0747. The Balaban J connectivity index is 0.00000312. The molecule has 0 spiro atoms. The zero-order valence-corrected chi connectivity index (χ0v) is 31.0. The van der Waals surface area contributed by atoms with E-state index in [9.17, 15) is 32.8 Å². The summed E-state index contributed by atoms with van der Waals surface area (Å²) < 4.78 is 47.5. The number of carbonyl (C=O) groups is 2. The first-order valence-electron chi connectivity index (χ1n) is 13.4. The molecule has 5 aromatic carbocycles. The molecule has 0 heterocycles. The van der Waals surface area contributed by atoms with Crippen molar-refractivity contribution in [1.82, 2.24) is 0 Å². The standard InChI is InChI=1S/C32H26N4O9S.2Na/c1-44-26-15-18(8-12-24(26)34-31(38)32(39)40)19-9-13-25(27(16-19)45-2)35-36-29-28(46(41,42)43)17-20-14-22(10-11-23(20)30(29)37)33-21-6-4-3-5-7-21;;/h3-17,33,37H,1-2H3,(H,34,38)(H,39,40)(H,41,42,43);;/q;2*+1/p-2. The Labute approximate surface area is 319 Å². The van der Waals surface area contributed by atoms with Crippen molar-refractivity contribution < 1.29 is 101 Å². The molecule has 0 saturated carbocycles. The Morgan fingerprint density at radius 2 is 1.44 bits per heavy atom. The van der Waals surface area contributed by atoms with Gasteiger partial charge in [-0.1, -0.05) is 30.3 Å². The van der Waals surface area contributed by atoms with E-state index in [1.165, 1.54) is 26.4 Å². The number of amides is 1. The van der Waals surface area contributed by atoms with Crippen LogP contribution in [0, 0.1) is 0 Å². The molecule has 234 valence electrons. The van der Waals surface area contributed by atoms with Crippen LogP contribution in [0.1, 0.15) is 0 Å². The fourth-order valence-electron chi connectivity index (χ4n) is 4.60. The van der Waals surface area contributed by atoms with Gasteiger partial charge in [-0.25, -0.2) is 8.42 Å². The number of azo groups is 1. The van der Waals surface area contributed by atoms with Gasteiger partial charge in [0, 0.05) is 16.8 Å². The number of carboxylic acids is 1. The molecule has 0 radical (unpaired) electrons. The average molecular weight is 687 g/mol. The number of aromatic hydroxyl groups is 1. The number of phenols is 1. The molecule has 0 unspecified atom stereocenters. The van der Waals surface area contributed by atoms with Crippen LogP contribution in [0.25, 0.3) is 21.9 Å². The third kappa shape index (κ3) is 8.72. The van der Waals surface area contributed by atoms with Gasteiger partial charge in [0.05, 0.1) is 24.8 Å². The van der Waals surface area contributed by atoms with E-state index in [4.69, 9.17) is 9.47 Å². The number of anilines is 3. The Kier molecular flexibility index (Phi) is 13.1. The summed E-state index contributed by atoms with van der Waals surface area (Å²) >= 11 is 0. The van der Waals surface area contributed by atoms with Gasteiger partial charge in [0.2, 0.25) is 0 Å². The number of aliphatic carboxylic acids is 1. The number of nitrogens with zero attached hydrogens (tertiary/aromatic N) is 2. The summed E-state index contributed by atoms with van der Waals surface area (Å²) in [6.45, 7) is 0. The molecule has 0 atom stereocenters. The molecule has 5 rings (SSSR count). The van der Waals surface area contributed by atoms with Crippen LogP contribution in [0.5, 0.6) is 17.2 Å². The van der Waals surface area contributed by atoms with Gasteiger partial charge in [-0.3, -0.25) is 4.79 Å². The molecule has 16 heteroatoms. The second kappa shape index (κ2) is 16.4.